The van der Waals surface area contributed by atoms with Crippen LogP contribution in [0.25, 0.3) is 0 Å². The lowest BCUT2D eigenvalue weighted by Crippen LogP contribution is -2.33. The number of sulfone groups is 1. The van der Waals surface area contributed by atoms with Crippen molar-refractivity contribution in [2.45, 2.75) is 56.9 Å². The number of nitrogens with zero attached hydrogens (tertiary/aromatic N) is 1. The largest absolute Gasteiger partial charge is 0.354 e. The van der Waals surface area contributed by atoms with Gasteiger partial charge in [-0.05, 0) is 51.0 Å². The molecule has 2 rings (SSSR count). The summed E-state index contributed by atoms with van der Waals surface area (Å²) in [6, 6.07) is 4.76. The van der Waals surface area contributed by atoms with Crippen LogP contribution in [0.4, 0.5) is 5.69 Å². The van der Waals surface area contributed by atoms with Crippen LogP contribution < -0.4 is 10.2 Å². The molecule has 1 heterocycles. The molecule has 1 atom stereocenters. The SMILES string of the molecule is CCC(C)NC(=O)CCS(=O)(=O)c1ccc2c(c1)C(C)(C)C(=O)N2C. The minimum Gasteiger partial charge on any atom is -0.354 e. The molecule has 138 valence electrons. The van der Waals surface area contributed by atoms with Crippen LogP contribution in [0, 0.1) is 0 Å². The number of benzene rings is 1. The molecular weight excluding hydrogens is 340 g/mol. The Morgan fingerprint density at radius 3 is 2.56 bits per heavy atom. The number of anilines is 1. The van der Waals surface area contributed by atoms with E-state index in [0.29, 0.717) is 5.56 Å². The van der Waals surface area contributed by atoms with Crippen LogP contribution in [0.3, 0.4) is 0 Å². The third-order valence-electron chi connectivity index (χ3n) is 4.82. The fourth-order valence-electron chi connectivity index (χ4n) is 2.94. The van der Waals surface area contributed by atoms with Gasteiger partial charge in [0.05, 0.1) is 16.1 Å². The van der Waals surface area contributed by atoms with E-state index in [4.69, 9.17) is 0 Å². The number of rotatable bonds is 6. The predicted molar refractivity (Wildman–Crippen MR) is 97.4 cm³/mol. The van der Waals surface area contributed by atoms with Crippen molar-refractivity contribution in [3.8, 4) is 0 Å². The summed E-state index contributed by atoms with van der Waals surface area (Å²) >= 11 is 0. The van der Waals surface area contributed by atoms with Crippen LogP contribution in [0.2, 0.25) is 0 Å². The van der Waals surface area contributed by atoms with Gasteiger partial charge in [0.25, 0.3) is 0 Å². The van der Waals surface area contributed by atoms with Crippen LogP contribution in [0.15, 0.2) is 23.1 Å². The van der Waals surface area contributed by atoms with E-state index < -0.39 is 15.3 Å². The van der Waals surface area contributed by atoms with E-state index in [1.54, 1.807) is 37.9 Å². The molecule has 1 unspecified atom stereocenters. The molecule has 0 saturated heterocycles. The normalized spacial score (nSPS) is 17.3. The van der Waals surface area contributed by atoms with Crippen LogP contribution in [-0.4, -0.2) is 39.1 Å². The average Bonchev–Trinajstić information content (AvgIpc) is 2.73. The number of nitrogens with one attached hydrogen (secondary N) is 1. The van der Waals surface area contributed by atoms with Gasteiger partial charge in [-0.25, -0.2) is 8.42 Å². The van der Waals surface area contributed by atoms with Gasteiger partial charge in [0.2, 0.25) is 11.8 Å². The molecule has 0 bridgehead atoms. The maximum Gasteiger partial charge on any atom is 0.236 e. The maximum absolute atomic E-state index is 12.6. The standard InChI is InChI=1S/C18H26N2O4S/c1-6-12(2)19-16(21)9-10-25(23,24)13-7-8-15-14(11-13)18(3,4)17(22)20(15)5/h7-8,11-12H,6,9-10H2,1-5H3,(H,19,21). The molecule has 0 fully saturated rings. The van der Waals surface area contributed by atoms with Gasteiger partial charge in [-0.15, -0.1) is 0 Å². The van der Waals surface area contributed by atoms with Gasteiger partial charge in [0, 0.05) is 25.2 Å². The summed E-state index contributed by atoms with van der Waals surface area (Å²) in [5.74, 6) is -0.586. The first-order valence-electron chi connectivity index (χ1n) is 8.45. The molecule has 0 aliphatic carbocycles. The van der Waals surface area contributed by atoms with Crippen molar-refractivity contribution in [2.24, 2.45) is 0 Å². The van der Waals surface area contributed by atoms with Crippen molar-refractivity contribution in [3.63, 3.8) is 0 Å². The Labute approximate surface area is 149 Å². The Hall–Kier alpha value is -1.89. The van der Waals surface area contributed by atoms with Crippen molar-refractivity contribution in [2.75, 3.05) is 17.7 Å². The summed E-state index contributed by atoms with van der Waals surface area (Å²) in [6.45, 7) is 7.40. The first-order valence-corrected chi connectivity index (χ1v) is 10.1. The zero-order chi connectivity index (χ0) is 19.0. The van der Waals surface area contributed by atoms with Gasteiger partial charge in [0.1, 0.15) is 0 Å². The molecule has 1 aromatic carbocycles. The van der Waals surface area contributed by atoms with E-state index >= 15 is 0 Å². The second kappa shape index (κ2) is 6.78. The quantitative estimate of drug-likeness (QED) is 0.835. The molecule has 0 spiro atoms. The van der Waals surface area contributed by atoms with E-state index in [1.807, 2.05) is 13.8 Å². The molecule has 0 saturated carbocycles. The number of hydrogen-bond donors (Lipinski definition) is 1. The summed E-state index contributed by atoms with van der Waals surface area (Å²) < 4.78 is 25.2. The lowest BCUT2D eigenvalue weighted by molar-refractivity contribution is -0.122. The number of likely N-dealkylation sites (N-methyl/N-ethyl adjacent to an activating group) is 1. The molecule has 2 amide bonds. The highest BCUT2D eigenvalue weighted by Gasteiger charge is 2.42. The molecule has 25 heavy (non-hydrogen) atoms. The van der Waals surface area contributed by atoms with Gasteiger partial charge in [-0.3, -0.25) is 9.59 Å². The zero-order valence-corrected chi connectivity index (χ0v) is 16.2. The van der Waals surface area contributed by atoms with Gasteiger partial charge >= 0.3 is 0 Å². The number of amides is 2. The lowest BCUT2D eigenvalue weighted by atomic mass is 9.86. The summed E-state index contributed by atoms with van der Waals surface area (Å²) in [5.41, 5.74) is 0.664. The maximum atomic E-state index is 12.6. The third-order valence-corrected chi connectivity index (χ3v) is 6.53. The Balaban J connectivity index is 2.21. The highest BCUT2D eigenvalue weighted by atomic mass is 32.2. The molecule has 0 radical (unpaired) electrons. The number of carbonyl (C=O) groups excluding carboxylic acids is 2. The second-order valence-corrected chi connectivity index (χ2v) is 9.22. The van der Waals surface area contributed by atoms with Crippen LogP contribution in [0.1, 0.15) is 46.1 Å². The van der Waals surface area contributed by atoms with Gasteiger partial charge < -0.3 is 10.2 Å². The van der Waals surface area contributed by atoms with Gasteiger partial charge in [-0.1, -0.05) is 6.92 Å². The molecule has 1 N–H and O–H groups in total. The monoisotopic (exact) mass is 366 g/mol. The first-order chi connectivity index (χ1) is 11.5. The number of fused-ring (bicyclic) bond motifs is 1. The second-order valence-electron chi connectivity index (χ2n) is 7.11. The summed E-state index contributed by atoms with van der Waals surface area (Å²) in [7, 11) is -1.91. The van der Waals surface area contributed by atoms with Gasteiger partial charge in [0.15, 0.2) is 9.84 Å². The Bertz CT molecular complexity index is 799. The van der Waals surface area contributed by atoms with E-state index in [-0.39, 0.29) is 34.9 Å². The molecular formula is C18H26N2O4S. The van der Waals surface area contributed by atoms with Crippen LogP contribution in [0.5, 0.6) is 0 Å². The summed E-state index contributed by atoms with van der Waals surface area (Å²) in [6.07, 6.45) is 0.714. The number of hydrogen-bond acceptors (Lipinski definition) is 4. The molecule has 7 heteroatoms. The van der Waals surface area contributed by atoms with Crippen molar-refractivity contribution >= 4 is 27.3 Å². The van der Waals surface area contributed by atoms with E-state index in [1.165, 1.54) is 6.07 Å². The van der Waals surface area contributed by atoms with Crippen molar-refractivity contribution in [3.05, 3.63) is 23.8 Å². The van der Waals surface area contributed by atoms with Gasteiger partial charge in [-0.2, -0.15) is 0 Å². The van der Waals surface area contributed by atoms with Crippen molar-refractivity contribution in [1.29, 1.82) is 0 Å². The number of carbonyl (C=O) groups is 2. The predicted octanol–water partition coefficient (Wildman–Crippen LogP) is 2.02. The molecule has 0 aromatic heterocycles. The fourth-order valence-corrected chi connectivity index (χ4v) is 4.20. The Kier molecular flexibility index (Phi) is 5.27. The topological polar surface area (TPSA) is 83.5 Å². The minimum atomic E-state index is -3.60. The third kappa shape index (κ3) is 3.71. The molecule has 6 nitrogen and oxygen atoms in total. The highest BCUT2D eigenvalue weighted by molar-refractivity contribution is 7.91. The lowest BCUT2D eigenvalue weighted by Gasteiger charge is -2.16. The highest BCUT2D eigenvalue weighted by Crippen LogP contribution is 2.41. The van der Waals surface area contributed by atoms with Crippen LogP contribution >= 0.6 is 0 Å². The smallest absolute Gasteiger partial charge is 0.236 e. The first kappa shape index (κ1) is 19.4. The molecule has 1 aliphatic heterocycles. The minimum absolute atomic E-state index is 0.0255. The van der Waals surface area contributed by atoms with Crippen molar-refractivity contribution in [1.82, 2.24) is 5.32 Å². The average molecular weight is 366 g/mol. The van der Waals surface area contributed by atoms with Crippen LogP contribution in [-0.2, 0) is 24.8 Å². The molecule has 1 aliphatic rings. The van der Waals surface area contributed by atoms with E-state index in [0.717, 1.165) is 12.1 Å². The summed E-state index contributed by atoms with van der Waals surface area (Å²) in [4.78, 5) is 25.9. The summed E-state index contributed by atoms with van der Waals surface area (Å²) in [5, 5.41) is 2.77. The Morgan fingerprint density at radius 1 is 1.32 bits per heavy atom. The molecule has 1 aromatic rings. The van der Waals surface area contributed by atoms with E-state index in [2.05, 4.69) is 5.32 Å². The van der Waals surface area contributed by atoms with Crippen molar-refractivity contribution < 1.29 is 18.0 Å². The fraction of sp³-hybridized carbons (Fsp3) is 0.556. The zero-order valence-electron chi connectivity index (χ0n) is 15.4. The Morgan fingerprint density at radius 2 is 1.96 bits per heavy atom. The van der Waals surface area contributed by atoms with E-state index in [9.17, 15) is 18.0 Å².